The second kappa shape index (κ2) is 5.77. The van der Waals surface area contributed by atoms with Crippen molar-refractivity contribution in [2.75, 3.05) is 19.6 Å². The van der Waals surface area contributed by atoms with E-state index >= 15 is 0 Å². The molecule has 0 spiro atoms. The first kappa shape index (κ1) is 11.2. The molecule has 0 aliphatic heterocycles. The normalized spacial score (nSPS) is 10.2. The predicted octanol–water partition coefficient (Wildman–Crippen LogP) is 1.36. The summed E-state index contributed by atoms with van der Waals surface area (Å²) in [5.74, 6) is -0.777. The van der Waals surface area contributed by atoms with E-state index in [-0.39, 0.29) is 6.54 Å². The number of hydrogen-bond donors (Lipinski definition) is 1. The van der Waals surface area contributed by atoms with Crippen molar-refractivity contribution in [1.29, 1.82) is 0 Å². The minimum atomic E-state index is -0.777. The van der Waals surface area contributed by atoms with Crippen molar-refractivity contribution in [1.82, 2.24) is 4.90 Å². The summed E-state index contributed by atoms with van der Waals surface area (Å²) in [6.07, 6.45) is 0.913. The van der Waals surface area contributed by atoms with E-state index in [4.69, 9.17) is 5.11 Å². The van der Waals surface area contributed by atoms with Crippen molar-refractivity contribution in [2.24, 2.45) is 0 Å². The van der Waals surface area contributed by atoms with Gasteiger partial charge in [-0.15, -0.1) is 0 Å². The first-order chi connectivity index (χ1) is 5.60. The second-order valence-corrected chi connectivity index (χ2v) is 2.80. The van der Waals surface area contributed by atoms with Crippen LogP contribution in [-0.4, -0.2) is 35.6 Å². The zero-order chi connectivity index (χ0) is 9.56. The van der Waals surface area contributed by atoms with E-state index in [1.807, 2.05) is 18.7 Å². The third kappa shape index (κ3) is 4.91. The molecule has 3 heteroatoms. The predicted molar refractivity (Wildman–Crippen MR) is 49.2 cm³/mol. The number of carboxylic acid groups (broad SMARTS) is 1. The van der Waals surface area contributed by atoms with Crippen LogP contribution in [0.1, 0.15) is 20.3 Å². The number of rotatable bonds is 6. The molecule has 1 N–H and O–H groups in total. The van der Waals surface area contributed by atoms with Gasteiger partial charge in [-0.1, -0.05) is 26.0 Å². The van der Waals surface area contributed by atoms with Gasteiger partial charge in [0, 0.05) is 6.54 Å². The van der Waals surface area contributed by atoms with E-state index in [9.17, 15) is 4.79 Å². The fourth-order valence-corrected chi connectivity index (χ4v) is 0.899. The van der Waals surface area contributed by atoms with Gasteiger partial charge in [-0.3, -0.25) is 9.69 Å². The zero-order valence-electron chi connectivity index (χ0n) is 7.84. The van der Waals surface area contributed by atoms with Crippen LogP contribution in [0, 0.1) is 0 Å². The molecular formula is C9H17NO2. The maximum atomic E-state index is 10.4. The lowest BCUT2D eigenvalue weighted by Gasteiger charge is -2.18. The van der Waals surface area contributed by atoms with E-state index in [0.29, 0.717) is 6.54 Å². The van der Waals surface area contributed by atoms with E-state index in [1.165, 1.54) is 0 Å². The lowest BCUT2D eigenvalue weighted by atomic mass is 10.2. The Bertz CT molecular complexity index is 166. The van der Waals surface area contributed by atoms with Gasteiger partial charge in [0.2, 0.25) is 0 Å². The SMILES string of the molecule is C=C(CC)CN(CC)CC(=O)O. The molecule has 0 bridgehead atoms. The Morgan fingerprint density at radius 1 is 1.42 bits per heavy atom. The number of aliphatic carboxylic acids is 1. The molecule has 0 atom stereocenters. The van der Waals surface area contributed by atoms with Crippen LogP contribution in [0.3, 0.4) is 0 Å². The van der Waals surface area contributed by atoms with Gasteiger partial charge in [-0.2, -0.15) is 0 Å². The van der Waals surface area contributed by atoms with Crippen LogP contribution >= 0.6 is 0 Å². The minimum absolute atomic E-state index is 0.107. The van der Waals surface area contributed by atoms with Gasteiger partial charge < -0.3 is 5.11 Å². The van der Waals surface area contributed by atoms with Crippen LogP contribution in [-0.2, 0) is 4.79 Å². The van der Waals surface area contributed by atoms with Gasteiger partial charge in [-0.25, -0.2) is 0 Å². The smallest absolute Gasteiger partial charge is 0.317 e. The van der Waals surface area contributed by atoms with Crippen molar-refractivity contribution in [2.45, 2.75) is 20.3 Å². The minimum Gasteiger partial charge on any atom is -0.480 e. The molecule has 0 radical (unpaired) electrons. The van der Waals surface area contributed by atoms with Crippen molar-refractivity contribution >= 4 is 5.97 Å². The Hall–Kier alpha value is -0.830. The lowest BCUT2D eigenvalue weighted by Crippen LogP contribution is -2.31. The molecule has 0 aromatic carbocycles. The van der Waals surface area contributed by atoms with Gasteiger partial charge in [0.1, 0.15) is 0 Å². The molecule has 0 saturated carbocycles. The monoisotopic (exact) mass is 171 g/mol. The quantitative estimate of drug-likeness (QED) is 0.613. The summed E-state index contributed by atoms with van der Waals surface area (Å²) in [6, 6.07) is 0. The fraction of sp³-hybridized carbons (Fsp3) is 0.667. The number of carbonyl (C=O) groups is 1. The van der Waals surface area contributed by atoms with Crippen LogP contribution in [0.15, 0.2) is 12.2 Å². The molecule has 0 heterocycles. The summed E-state index contributed by atoms with van der Waals surface area (Å²) >= 11 is 0. The van der Waals surface area contributed by atoms with Crippen molar-refractivity contribution in [3.63, 3.8) is 0 Å². The molecule has 0 fully saturated rings. The largest absolute Gasteiger partial charge is 0.480 e. The molecule has 3 nitrogen and oxygen atoms in total. The Morgan fingerprint density at radius 2 is 2.00 bits per heavy atom. The second-order valence-electron chi connectivity index (χ2n) is 2.80. The first-order valence-electron chi connectivity index (χ1n) is 4.20. The standard InChI is InChI=1S/C9H17NO2/c1-4-8(3)6-10(5-2)7-9(11)12/h3-7H2,1-2H3,(H,11,12). The lowest BCUT2D eigenvalue weighted by molar-refractivity contribution is -0.138. The Kier molecular flexibility index (Phi) is 5.37. The summed E-state index contributed by atoms with van der Waals surface area (Å²) in [6.45, 7) is 9.36. The first-order valence-corrected chi connectivity index (χ1v) is 4.20. The highest BCUT2D eigenvalue weighted by Gasteiger charge is 2.07. The molecule has 70 valence electrons. The highest BCUT2D eigenvalue weighted by Crippen LogP contribution is 2.00. The number of hydrogen-bond acceptors (Lipinski definition) is 2. The number of likely N-dealkylation sites (N-methyl/N-ethyl adjacent to an activating group) is 1. The van der Waals surface area contributed by atoms with Crippen LogP contribution in [0.25, 0.3) is 0 Å². The molecule has 12 heavy (non-hydrogen) atoms. The molecule has 0 rings (SSSR count). The van der Waals surface area contributed by atoms with Gasteiger partial charge in [0.15, 0.2) is 0 Å². The maximum absolute atomic E-state index is 10.4. The zero-order valence-corrected chi connectivity index (χ0v) is 7.84. The summed E-state index contributed by atoms with van der Waals surface area (Å²) in [4.78, 5) is 12.2. The number of carboxylic acids is 1. The molecule has 0 saturated heterocycles. The van der Waals surface area contributed by atoms with Gasteiger partial charge in [0.25, 0.3) is 0 Å². The average molecular weight is 171 g/mol. The fourth-order valence-electron chi connectivity index (χ4n) is 0.899. The third-order valence-electron chi connectivity index (χ3n) is 1.75. The van der Waals surface area contributed by atoms with E-state index in [0.717, 1.165) is 18.5 Å². The Balaban J connectivity index is 3.82. The van der Waals surface area contributed by atoms with Gasteiger partial charge >= 0.3 is 5.97 Å². The van der Waals surface area contributed by atoms with E-state index < -0.39 is 5.97 Å². The van der Waals surface area contributed by atoms with Crippen LogP contribution in [0.5, 0.6) is 0 Å². The summed E-state index contributed by atoms with van der Waals surface area (Å²) < 4.78 is 0. The van der Waals surface area contributed by atoms with Crippen molar-refractivity contribution in [3.05, 3.63) is 12.2 Å². The van der Waals surface area contributed by atoms with E-state index in [2.05, 4.69) is 6.58 Å². The molecule has 0 aliphatic carbocycles. The van der Waals surface area contributed by atoms with Crippen LogP contribution in [0.2, 0.25) is 0 Å². The highest BCUT2D eigenvalue weighted by molar-refractivity contribution is 5.69. The maximum Gasteiger partial charge on any atom is 0.317 e. The molecule has 0 aliphatic rings. The summed E-state index contributed by atoms with van der Waals surface area (Å²) in [5, 5.41) is 8.53. The topological polar surface area (TPSA) is 40.5 Å². The van der Waals surface area contributed by atoms with Crippen LogP contribution in [0.4, 0.5) is 0 Å². The molecule has 0 amide bonds. The van der Waals surface area contributed by atoms with Crippen molar-refractivity contribution < 1.29 is 9.90 Å². The Morgan fingerprint density at radius 3 is 2.33 bits per heavy atom. The summed E-state index contributed by atoms with van der Waals surface area (Å²) in [5.41, 5.74) is 1.08. The number of nitrogens with zero attached hydrogens (tertiary/aromatic N) is 1. The average Bonchev–Trinajstić information content (AvgIpc) is 2.02. The van der Waals surface area contributed by atoms with Crippen LogP contribution < -0.4 is 0 Å². The third-order valence-corrected chi connectivity index (χ3v) is 1.75. The van der Waals surface area contributed by atoms with Gasteiger partial charge in [0.05, 0.1) is 6.54 Å². The molecular weight excluding hydrogens is 154 g/mol. The Labute approximate surface area is 73.7 Å². The molecule has 0 aromatic rings. The highest BCUT2D eigenvalue weighted by atomic mass is 16.4. The summed E-state index contributed by atoms with van der Waals surface area (Å²) in [7, 11) is 0. The molecule has 0 unspecified atom stereocenters. The molecule has 0 aromatic heterocycles. The van der Waals surface area contributed by atoms with E-state index in [1.54, 1.807) is 0 Å². The van der Waals surface area contributed by atoms with Crippen molar-refractivity contribution in [3.8, 4) is 0 Å². The van der Waals surface area contributed by atoms with Gasteiger partial charge in [-0.05, 0) is 13.0 Å².